The predicted molar refractivity (Wildman–Crippen MR) is 84.9 cm³/mol. The molecular weight excluding hydrogens is 316 g/mol. The van der Waals surface area contributed by atoms with E-state index in [4.69, 9.17) is 16.3 Å². The van der Waals surface area contributed by atoms with Crippen LogP contribution in [0.25, 0.3) is 0 Å². The Kier molecular flexibility index (Phi) is 3.58. The van der Waals surface area contributed by atoms with Crippen LogP contribution in [-0.2, 0) is 20.7 Å². The summed E-state index contributed by atoms with van der Waals surface area (Å²) in [7, 11) is 0. The summed E-state index contributed by atoms with van der Waals surface area (Å²) in [4.78, 5) is 28.5. The maximum absolute atomic E-state index is 12.6. The molecule has 0 bridgehead atoms. The SMILES string of the molecule is O=C(CCc1cccc(Cl)c1)N1CC[C@@]23OCCN2C(=O)C[C@@H]13. The molecule has 0 N–H and O–H groups in total. The second-order valence-electron chi connectivity index (χ2n) is 6.43. The molecule has 122 valence electrons. The number of ether oxygens (including phenoxy) is 1. The Morgan fingerprint density at radius 3 is 3.09 bits per heavy atom. The van der Waals surface area contributed by atoms with Crippen LogP contribution >= 0.6 is 11.6 Å². The zero-order valence-electron chi connectivity index (χ0n) is 12.8. The first-order valence-electron chi connectivity index (χ1n) is 8.08. The van der Waals surface area contributed by atoms with Crippen LogP contribution in [0.5, 0.6) is 0 Å². The van der Waals surface area contributed by atoms with Gasteiger partial charge in [-0.1, -0.05) is 23.7 Å². The zero-order valence-corrected chi connectivity index (χ0v) is 13.6. The molecule has 6 heteroatoms. The number of amides is 2. The Morgan fingerprint density at radius 1 is 1.39 bits per heavy atom. The average Bonchev–Trinajstić information content (AvgIpc) is 3.16. The Balaban J connectivity index is 1.45. The van der Waals surface area contributed by atoms with Gasteiger partial charge in [0.25, 0.3) is 0 Å². The largest absolute Gasteiger partial charge is 0.351 e. The van der Waals surface area contributed by atoms with Crippen LogP contribution in [0, 0.1) is 0 Å². The molecule has 0 aliphatic carbocycles. The second-order valence-corrected chi connectivity index (χ2v) is 6.86. The molecule has 3 fully saturated rings. The number of likely N-dealkylation sites (tertiary alicyclic amines) is 1. The van der Waals surface area contributed by atoms with Gasteiger partial charge in [-0.3, -0.25) is 9.59 Å². The maximum atomic E-state index is 12.6. The van der Waals surface area contributed by atoms with Crippen molar-refractivity contribution in [1.29, 1.82) is 0 Å². The van der Waals surface area contributed by atoms with E-state index in [1.807, 2.05) is 34.1 Å². The zero-order chi connectivity index (χ0) is 16.0. The van der Waals surface area contributed by atoms with Gasteiger partial charge in [0, 0.05) is 31.0 Å². The molecule has 3 aliphatic rings. The summed E-state index contributed by atoms with van der Waals surface area (Å²) in [5.74, 6) is 0.205. The van der Waals surface area contributed by atoms with Crippen LogP contribution in [0.3, 0.4) is 0 Å². The number of carbonyl (C=O) groups is 2. The van der Waals surface area contributed by atoms with Crippen LogP contribution in [0.4, 0.5) is 0 Å². The Hall–Kier alpha value is -1.59. The third kappa shape index (κ3) is 2.34. The lowest BCUT2D eigenvalue weighted by molar-refractivity contribution is -0.139. The summed E-state index contributed by atoms with van der Waals surface area (Å²) in [6, 6.07) is 7.47. The molecule has 2 amide bonds. The van der Waals surface area contributed by atoms with Gasteiger partial charge in [0.1, 0.15) is 0 Å². The number of hydrogen-bond acceptors (Lipinski definition) is 3. The Morgan fingerprint density at radius 2 is 2.26 bits per heavy atom. The van der Waals surface area contributed by atoms with Gasteiger partial charge >= 0.3 is 0 Å². The molecule has 0 aromatic heterocycles. The van der Waals surface area contributed by atoms with Crippen LogP contribution < -0.4 is 0 Å². The number of aryl methyl sites for hydroxylation is 1. The normalized spacial score (nSPS) is 29.1. The van der Waals surface area contributed by atoms with E-state index in [2.05, 4.69) is 0 Å². The summed E-state index contributed by atoms with van der Waals surface area (Å²) in [5.41, 5.74) is 0.518. The van der Waals surface area contributed by atoms with Crippen LogP contribution in [0.15, 0.2) is 24.3 Å². The highest BCUT2D eigenvalue weighted by Crippen LogP contribution is 2.45. The van der Waals surface area contributed by atoms with Gasteiger partial charge in [-0.05, 0) is 24.1 Å². The van der Waals surface area contributed by atoms with E-state index < -0.39 is 5.72 Å². The molecule has 23 heavy (non-hydrogen) atoms. The minimum atomic E-state index is -0.539. The van der Waals surface area contributed by atoms with E-state index in [0.29, 0.717) is 44.0 Å². The number of benzene rings is 1. The molecule has 4 rings (SSSR count). The number of carbonyl (C=O) groups excluding carboxylic acids is 2. The van der Waals surface area contributed by atoms with Gasteiger partial charge in [-0.25, -0.2) is 0 Å². The summed E-state index contributed by atoms with van der Waals surface area (Å²) in [6.45, 7) is 1.90. The van der Waals surface area contributed by atoms with Crippen molar-refractivity contribution in [2.24, 2.45) is 0 Å². The maximum Gasteiger partial charge on any atom is 0.227 e. The van der Waals surface area contributed by atoms with Crippen LogP contribution in [-0.4, -0.2) is 53.1 Å². The van der Waals surface area contributed by atoms with Gasteiger partial charge in [-0.15, -0.1) is 0 Å². The average molecular weight is 335 g/mol. The monoisotopic (exact) mass is 334 g/mol. The molecule has 3 aliphatic heterocycles. The van der Waals surface area contributed by atoms with Crippen LogP contribution in [0.1, 0.15) is 24.8 Å². The molecule has 0 saturated carbocycles. The molecular formula is C17H19ClN2O3. The third-order valence-electron chi connectivity index (χ3n) is 5.24. The van der Waals surface area contributed by atoms with Crippen molar-refractivity contribution < 1.29 is 14.3 Å². The van der Waals surface area contributed by atoms with Gasteiger partial charge in [0.05, 0.1) is 19.1 Å². The minimum absolute atomic E-state index is 0.0944. The van der Waals surface area contributed by atoms with E-state index in [0.717, 1.165) is 12.0 Å². The molecule has 0 radical (unpaired) electrons. The summed E-state index contributed by atoms with van der Waals surface area (Å²) in [6.07, 6.45) is 2.21. The van der Waals surface area contributed by atoms with Gasteiger partial charge < -0.3 is 14.5 Å². The van der Waals surface area contributed by atoms with Crippen molar-refractivity contribution in [3.8, 4) is 0 Å². The summed E-state index contributed by atoms with van der Waals surface area (Å²) in [5, 5.41) is 0.687. The lowest BCUT2D eigenvalue weighted by atomic mass is 10.1. The summed E-state index contributed by atoms with van der Waals surface area (Å²) >= 11 is 5.98. The Bertz CT molecular complexity index is 665. The van der Waals surface area contributed by atoms with E-state index in [9.17, 15) is 9.59 Å². The van der Waals surface area contributed by atoms with Crippen molar-refractivity contribution in [2.75, 3.05) is 19.7 Å². The van der Waals surface area contributed by atoms with Crippen molar-refractivity contribution >= 4 is 23.4 Å². The fourth-order valence-electron chi connectivity index (χ4n) is 4.18. The molecule has 0 unspecified atom stereocenters. The number of halogens is 1. The number of hydrogen-bond donors (Lipinski definition) is 0. The van der Waals surface area contributed by atoms with Crippen molar-refractivity contribution in [2.45, 2.75) is 37.5 Å². The third-order valence-corrected chi connectivity index (χ3v) is 5.47. The van der Waals surface area contributed by atoms with Gasteiger partial charge in [0.15, 0.2) is 5.72 Å². The molecule has 3 heterocycles. The lowest BCUT2D eigenvalue weighted by Crippen LogP contribution is -2.48. The number of nitrogens with zero attached hydrogens (tertiary/aromatic N) is 2. The lowest BCUT2D eigenvalue weighted by Gasteiger charge is -2.31. The van der Waals surface area contributed by atoms with Crippen LogP contribution in [0.2, 0.25) is 5.02 Å². The topological polar surface area (TPSA) is 49.9 Å². The summed E-state index contributed by atoms with van der Waals surface area (Å²) < 4.78 is 5.91. The smallest absolute Gasteiger partial charge is 0.227 e. The van der Waals surface area contributed by atoms with Crippen molar-refractivity contribution in [3.05, 3.63) is 34.9 Å². The van der Waals surface area contributed by atoms with Gasteiger partial charge in [0.2, 0.25) is 11.8 Å². The van der Waals surface area contributed by atoms with Crippen molar-refractivity contribution in [3.63, 3.8) is 0 Å². The standard InChI is InChI=1S/C17H19ClN2O3/c18-13-3-1-2-12(10-13)4-5-15(21)19-7-6-17-14(19)11-16(22)20(17)8-9-23-17/h1-3,10,14H,4-9,11H2/t14-,17+/m1/s1. The van der Waals surface area contributed by atoms with Gasteiger partial charge in [-0.2, -0.15) is 0 Å². The molecule has 3 saturated heterocycles. The highest BCUT2D eigenvalue weighted by molar-refractivity contribution is 6.30. The van der Waals surface area contributed by atoms with E-state index in [-0.39, 0.29) is 17.9 Å². The number of rotatable bonds is 3. The second kappa shape index (κ2) is 5.49. The molecule has 1 spiro atoms. The fourth-order valence-corrected chi connectivity index (χ4v) is 4.39. The first kappa shape index (κ1) is 15.0. The van der Waals surface area contributed by atoms with E-state index >= 15 is 0 Å². The quantitative estimate of drug-likeness (QED) is 0.847. The minimum Gasteiger partial charge on any atom is -0.351 e. The molecule has 1 aromatic rings. The highest BCUT2D eigenvalue weighted by atomic mass is 35.5. The van der Waals surface area contributed by atoms with E-state index in [1.165, 1.54) is 0 Å². The predicted octanol–water partition coefficient (Wildman–Crippen LogP) is 1.83. The first-order chi connectivity index (χ1) is 11.1. The molecule has 5 nitrogen and oxygen atoms in total. The van der Waals surface area contributed by atoms with E-state index in [1.54, 1.807) is 0 Å². The first-order valence-corrected chi connectivity index (χ1v) is 8.46. The molecule has 1 aromatic carbocycles. The molecule has 2 atom stereocenters. The van der Waals surface area contributed by atoms with Crippen molar-refractivity contribution in [1.82, 2.24) is 9.80 Å². The Labute approximate surface area is 140 Å². The highest BCUT2D eigenvalue weighted by Gasteiger charge is 2.62. The fraction of sp³-hybridized carbons (Fsp3) is 0.529.